The van der Waals surface area contributed by atoms with E-state index in [2.05, 4.69) is 28.8 Å². The molecule has 2 aromatic rings. The average molecular weight is 328 g/mol. The van der Waals surface area contributed by atoms with Gasteiger partial charge in [0.15, 0.2) is 0 Å². The molecule has 6 heteroatoms. The van der Waals surface area contributed by atoms with Gasteiger partial charge in [-0.3, -0.25) is 9.69 Å². The van der Waals surface area contributed by atoms with Gasteiger partial charge in [0, 0.05) is 36.9 Å². The molecule has 3 heterocycles. The molecule has 0 spiro atoms. The maximum absolute atomic E-state index is 12.0. The van der Waals surface area contributed by atoms with E-state index < -0.39 is 0 Å². The van der Waals surface area contributed by atoms with Crippen LogP contribution in [0, 0.1) is 5.92 Å². The van der Waals surface area contributed by atoms with E-state index in [4.69, 9.17) is 4.42 Å². The highest BCUT2D eigenvalue weighted by atomic mass is 16.4. The molecule has 0 radical (unpaired) electrons. The number of aromatic nitrogens is 3. The van der Waals surface area contributed by atoms with Gasteiger partial charge in [-0.25, -0.2) is 9.67 Å². The van der Waals surface area contributed by atoms with E-state index in [0.29, 0.717) is 24.3 Å². The van der Waals surface area contributed by atoms with Crippen LogP contribution in [0.15, 0.2) is 27.5 Å². The fourth-order valence-electron chi connectivity index (χ4n) is 3.21. The van der Waals surface area contributed by atoms with E-state index in [1.54, 1.807) is 10.7 Å². The quantitative estimate of drug-likeness (QED) is 0.814. The lowest BCUT2D eigenvalue weighted by Crippen LogP contribution is -2.49. The largest absolute Gasteiger partial charge is 0.444 e. The highest BCUT2D eigenvalue weighted by Gasteiger charge is 2.30. The number of likely N-dealkylation sites (tertiary alicyclic amines) is 1. The first kappa shape index (κ1) is 15.6. The minimum atomic E-state index is 0.00660. The summed E-state index contributed by atoms with van der Waals surface area (Å²) in [6.07, 6.45) is 4.23. The third kappa shape index (κ3) is 3.29. The lowest BCUT2D eigenvalue weighted by atomic mass is 10.0. The van der Waals surface area contributed by atoms with Crippen molar-refractivity contribution in [1.82, 2.24) is 19.7 Å². The van der Waals surface area contributed by atoms with Crippen molar-refractivity contribution < 1.29 is 4.42 Å². The molecule has 1 saturated heterocycles. The average Bonchev–Trinajstić information content (AvgIpc) is 3.25. The molecule has 2 aliphatic rings. The van der Waals surface area contributed by atoms with E-state index in [9.17, 15) is 4.79 Å². The zero-order chi connectivity index (χ0) is 16.7. The molecule has 1 aliphatic carbocycles. The smallest absolute Gasteiger partial charge is 0.266 e. The molecule has 1 saturated carbocycles. The van der Waals surface area contributed by atoms with E-state index in [1.165, 1.54) is 12.8 Å². The second-order valence-corrected chi connectivity index (χ2v) is 7.42. The minimum Gasteiger partial charge on any atom is -0.444 e. The highest BCUT2D eigenvalue weighted by molar-refractivity contribution is 5.12. The maximum Gasteiger partial charge on any atom is 0.266 e. The van der Waals surface area contributed by atoms with Crippen LogP contribution in [0.25, 0.3) is 0 Å². The van der Waals surface area contributed by atoms with Crippen molar-refractivity contribution in [2.24, 2.45) is 5.92 Å². The Morgan fingerprint density at radius 2 is 2.08 bits per heavy atom. The minimum absolute atomic E-state index is 0.00660. The Bertz CT molecular complexity index is 769. The molecular formula is C18H24N4O2. The molecule has 2 aromatic heterocycles. The van der Waals surface area contributed by atoms with Gasteiger partial charge in [0.2, 0.25) is 5.89 Å². The van der Waals surface area contributed by atoms with Gasteiger partial charge in [-0.05, 0) is 18.9 Å². The van der Waals surface area contributed by atoms with Gasteiger partial charge >= 0.3 is 0 Å². The Labute approximate surface area is 141 Å². The van der Waals surface area contributed by atoms with Gasteiger partial charge in [-0.1, -0.05) is 13.8 Å². The summed E-state index contributed by atoms with van der Waals surface area (Å²) in [5.41, 5.74) is 1.08. The highest BCUT2D eigenvalue weighted by Crippen LogP contribution is 2.38. The van der Waals surface area contributed by atoms with Crippen molar-refractivity contribution in [3.8, 4) is 0 Å². The second kappa shape index (κ2) is 6.16. The molecule has 128 valence electrons. The molecule has 1 aliphatic heterocycles. The van der Waals surface area contributed by atoms with Gasteiger partial charge in [0.25, 0.3) is 5.56 Å². The molecule has 4 rings (SSSR count). The van der Waals surface area contributed by atoms with Crippen molar-refractivity contribution in [1.29, 1.82) is 0 Å². The Kier molecular flexibility index (Phi) is 4.00. The van der Waals surface area contributed by atoms with Crippen LogP contribution >= 0.6 is 0 Å². The predicted octanol–water partition coefficient (Wildman–Crippen LogP) is 2.36. The van der Waals surface area contributed by atoms with Crippen LogP contribution < -0.4 is 5.56 Å². The summed E-state index contributed by atoms with van der Waals surface area (Å²) in [6.45, 7) is 7.57. The van der Waals surface area contributed by atoms with E-state index in [-0.39, 0.29) is 5.56 Å². The predicted molar refractivity (Wildman–Crippen MR) is 89.8 cm³/mol. The summed E-state index contributed by atoms with van der Waals surface area (Å²) in [4.78, 5) is 18.6. The Morgan fingerprint density at radius 1 is 1.29 bits per heavy atom. The molecular weight excluding hydrogens is 304 g/mol. The maximum atomic E-state index is 12.0. The molecule has 24 heavy (non-hydrogen) atoms. The lowest BCUT2D eigenvalue weighted by molar-refractivity contribution is 0.0674. The van der Waals surface area contributed by atoms with Crippen molar-refractivity contribution in [2.75, 3.05) is 13.1 Å². The normalized spacial score (nSPS) is 19.0. The fourth-order valence-corrected chi connectivity index (χ4v) is 3.21. The second-order valence-electron chi connectivity index (χ2n) is 7.42. The zero-order valence-electron chi connectivity index (χ0n) is 14.3. The molecule has 0 amide bonds. The van der Waals surface area contributed by atoms with Gasteiger partial charge in [0.05, 0.1) is 25.0 Å². The molecule has 0 atom stereocenters. The van der Waals surface area contributed by atoms with Crippen molar-refractivity contribution >= 4 is 0 Å². The van der Waals surface area contributed by atoms with Crippen molar-refractivity contribution in [2.45, 2.75) is 51.6 Å². The summed E-state index contributed by atoms with van der Waals surface area (Å²) >= 11 is 0. The summed E-state index contributed by atoms with van der Waals surface area (Å²) in [5, 5.41) is 4.54. The first-order chi connectivity index (χ1) is 11.6. The molecule has 0 unspecified atom stereocenters. The Morgan fingerprint density at radius 3 is 2.75 bits per heavy atom. The zero-order valence-corrected chi connectivity index (χ0v) is 14.3. The molecule has 0 bridgehead atoms. The van der Waals surface area contributed by atoms with Gasteiger partial charge in [0.1, 0.15) is 5.76 Å². The summed E-state index contributed by atoms with van der Waals surface area (Å²) in [6, 6.07) is 3.55. The summed E-state index contributed by atoms with van der Waals surface area (Å²) < 4.78 is 7.40. The van der Waals surface area contributed by atoms with Crippen LogP contribution in [-0.4, -0.2) is 32.8 Å². The Balaban J connectivity index is 1.31. The topological polar surface area (TPSA) is 64.2 Å². The molecule has 6 nitrogen and oxygen atoms in total. The van der Waals surface area contributed by atoms with E-state index in [0.717, 1.165) is 37.0 Å². The van der Waals surface area contributed by atoms with E-state index in [1.807, 2.05) is 12.3 Å². The van der Waals surface area contributed by atoms with Crippen LogP contribution in [0.5, 0.6) is 0 Å². The lowest BCUT2D eigenvalue weighted by Gasteiger charge is -2.38. The number of rotatable bonds is 6. The third-order valence-electron chi connectivity index (χ3n) is 4.85. The van der Waals surface area contributed by atoms with Crippen molar-refractivity contribution in [3.05, 3.63) is 46.0 Å². The van der Waals surface area contributed by atoms with E-state index >= 15 is 0 Å². The summed E-state index contributed by atoms with van der Waals surface area (Å²) in [7, 11) is 0. The van der Waals surface area contributed by atoms with Crippen LogP contribution in [-0.2, 0) is 13.1 Å². The molecule has 0 N–H and O–H groups in total. The monoisotopic (exact) mass is 328 g/mol. The van der Waals surface area contributed by atoms with Crippen LogP contribution in [0.2, 0.25) is 0 Å². The molecule has 2 fully saturated rings. The van der Waals surface area contributed by atoms with Crippen molar-refractivity contribution in [3.63, 3.8) is 0 Å². The summed E-state index contributed by atoms with van der Waals surface area (Å²) in [5.74, 6) is 3.14. The third-order valence-corrected chi connectivity index (χ3v) is 4.85. The molecule has 0 aromatic carbocycles. The first-order valence-corrected chi connectivity index (χ1v) is 8.83. The fraction of sp³-hybridized carbons (Fsp3) is 0.611. The van der Waals surface area contributed by atoms with Gasteiger partial charge in [-0.15, -0.1) is 0 Å². The standard InChI is InChI=1S/C18H24N4O2/c1-12(2)16-7-19-17(24-16)11-21-8-13(9-21)10-22-18(23)6-5-15(20-22)14-3-4-14/h5-7,12-14H,3-4,8-11H2,1-2H3. The van der Waals surface area contributed by atoms with Crippen LogP contribution in [0.3, 0.4) is 0 Å². The number of hydrogen-bond donors (Lipinski definition) is 0. The van der Waals surface area contributed by atoms with Gasteiger partial charge < -0.3 is 4.42 Å². The number of nitrogens with zero attached hydrogens (tertiary/aromatic N) is 4. The van der Waals surface area contributed by atoms with Crippen LogP contribution in [0.1, 0.15) is 55.9 Å². The SMILES string of the molecule is CC(C)c1cnc(CN2CC(Cn3nc(C4CC4)ccc3=O)C2)o1. The Hall–Kier alpha value is -1.95. The van der Waals surface area contributed by atoms with Crippen LogP contribution in [0.4, 0.5) is 0 Å². The number of hydrogen-bond acceptors (Lipinski definition) is 5. The van der Waals surface area contributed by atoms with Gasteiger partial charge in [-0.2, -0.15) is 5.10 Å². The first-order valence-electron chi connectivity index (χ1n) is 8.83. The number of oxazole rings is 1.